The van der Waals surface area contributed by atoms with Crippen molar-refractivity contribution in [2.45, 2.75) is 38.5 Å². The van der Waals surface area contributed by atoms with Gasteiger partial charge < -0.3 is 20.1 Å². The molecule has 0 spiro atoms. The van der Waals surface area contributed by atoms with E-state index < -0.39 is 0 Å². The number of aryl methyl sites for hydroxylation is 1. The minimum Gasteiger partial charge on any atom is -0.394 e. The zero-order valence-corrected chi connectivity index (χ0v) is 12.0. The molecule has 1 saturated carbocycles. The molecule has 1 saturated heterocycles. The highest BCUT2D eigenvalue weighted by molar-refractivity contribution is 5.47. The third kappa shape index (κ3) is 3.29. The van der Waals surface area contributed by atoms with Crippen LogP contribution in [0.25, 0.3) is 0 Å². The maximum atomic E-state index is 9.22. The fourth-order valence-electron chi connectivity index (χ4n) is 2.63. The summed E-state index contributed by atoms with van der Waals surface area (Å²) in [6.07, 6.45) is 4.48. The van der Waals surface area contributed by atoms with Gasteiger partial charge in [-0.3, -0.25) is 0 Å². The molecule has 3 rings (SSSR count). The lowest BCUT2D eigenvalue weighted by Gasteiger charge is -2.33. The van der Waals surface area contributed by atoms with Crippen LogP contribution in [-0.2, 0) is 11.3 Å². The van der Waals surface area contributed by atoms with Crippen LogP contribution in [0.4, 0.5) is 5.82 Å². The molecule has 20 heavy (non-hydrogen) atoms. The van der Waals surface area contributed by atoms with Crippen LogP contribution < -0.4 is 10.2 Å². The van der Waals surface area contributed by atoms with Crippen molar-refractivity contribution in [1.82, 2.24) is 10.3 Å². The Labute approximate surface area is 120 Å². The van der Waals surface area contributed by atoms with E-state index in [1.165, 1.54) is 24.0 Å². The van der Waals surface area contributed by atoms with Gasteiger partial charge in [-0.15, -0.1) is 0 Å². The summed E-state index contributed by atoms with van der Waals surface area (Å²) in [5, 5.41) is 12.7. The van der Waals surface area contributed by atoms with Gasteiger partial charge in [-0.05, 0) is 37.0 Å². The number of nitrogens with one attached hydrogen (secondary N) is 1. The minimum absolute atomic E-state index is 0.0684. The third-order valence-corrected chi connectivity index (χ3v) is 3.92. The average molecular weight is 277 g/mol. The molecule has 0 aromatic carbocycles. The Morgan fingerprint density at radius 2 is 2.35 bits per heavy atom. The molecule has 0 radical (unpaired) electrons. The van der Waals surface area contributed by atoms with Crippen LogP contribution in [0.5, 0.6) is 0 Å². The molecule has 2 fully saturated rings. The summed E-state index contributed by atoms with van der Waals surface area (Å²) in [7, 11) is 0. The van der Waals surface area contributed by atoms with Crippen LogP contribution >= 0.6 is 0 Å². The summed E-state index contributed by atoms with van der Waals surface area (Å²) in [6.45, 7) is 5.28. The quantitative estimate of drug-likeness (QED) is 0.835. The summed E-state index contributed by atoms with van der Waals surface area (Å²) in [5.41, 5.74) is 2.43. The molecule has 1 aliphatic heterocycles. The highest BCUT2D eigenvalue weighted by Gasteiger charge is 2.22. The number of aromatic nitrogens is 1. The van der Waals surface area contributed by atoms with Gasteiger partial charge in [0.05, 0.1) is 19.3 Å². The number of anilines is 1. The van der Waals surface area contributed by atoms with Crippen LogP contribution in [0.1, 0.15) is 24.0 Å². The van der Waals surface area contributed by atoms with E-state index in [0.717, 1.165) is 24.9 Å². The molecule has 1 aliphatic carbocycles. The topological polar surface area (TPSA) is 57.6 Å². The van der Waals surface area contributed by atoms with Crippen molar-refractivity contribution >= 4 is 5.82 Å². The SMILES string of the molecule is Cc1cc(CNC2CC2)cnc1N1CCOC(CO)C1. The van der Waals surface area contributed by atoms with E-state index in [9.17, 15) is 5.11 Å². The predicted molar refractivity (Wildman–Crippen MR) is 77.9 cm³/mol. The molecule has 1 aromatic rings. The van der Waals surface area contributed by atoms with Crippen LogP contribution in [0, 0.1) is 6.92 Å². The molecule has 1 atom stereocenters. The van der Waals surface area contributed by atoms with Crippen molar-refractivity contribution < 1.29 is 9.84 Å². The maximum absolute atomic E-state index is 9.22. The standard InChI is InChI=1S/C15H23N3O2/c1-11-6-12(7-16-13-2-3-13)8-17-15(11)18-4-5-20-14(9-18)10-19/h6,8,13-14,16,19H,2-5,7,9-10H2,1H3. The minimum atomic E-state index is -0.0961. The lowest BCUT2D eigenvalue weighted by molar-refractivity contribution is 0.00333. The van der Waals surface area contributed by atoms with Gasteiger partial charge in [0.1, 0.15) is 5.82 Å². The second-order valence-corrected chi connectivity index (χ2v) is 5.76. The first-order chi connectivity index (χ1) is 9.76. The summed E-state index contributed by atoms with van der Waals surface area (Å²) in [4.78, 5) is 6.82. The Morgan fingerprint density at radius 3 is 3.05 bits per heavy atom. The van der Waals surface area contributed by atoms with E-state index in [1.807, 2.05) is 6.20 Å². The number of aliphatic hydroxyl groups is 1. The fraction of sp³-hybridized carbons (Fsp3) is 0.667. The number of ether oxygens (including phenoxy) is 1. The maximum Gasteiger partial charge on any atom is 0.131 e. The first-order valence-electron chi connectivity index (χ1n) is 7.42. The normalized spacial score (nSPS) is 23.1. The summed E-state index contributed by atoms with van der Waals surface area (Å²) >= 11 is 0. The monoisotopic (exact) mass is 277 g/mol. The fourth-order valence-corrected chi connectivity index (χ4v) is 2.63. The van der Waals surface area contributed by atoms with Crippen molar-refractivity contribution in [3.8, 4) is 0 Å². The van der Waals surface area contributed by atoms with Gasteiger partial charge in [-0.25, -0.2) is 4.98 Å². The van der Waals surface area contributed by atoms with E-state index in [0.29, 0.717) is 13.2 Å². The number of hydrogen-bond donors (Lipinski definition) is 2. The van der Waals surface area contributed by atoms with Crippen molar-refractivity contribution in [2.75, 3.05) is 31.2 Å². The molecule has 1 unspecified atom stereocenters. The Morgan fingerprint density at radius 1 is 1.50 bits per heavy atom. The number of nitrogens with zero attached hydrogens (tertiary/aromatic N) is 2. The Bertz CT molecular complexity index is 462. The molecule has 0 bridgehead atoms. The first-order valence-corrected chi connectivity index (χ1v) is 7.42. The van der Waals surface area contributed by atoms with E-state index in [4.69, 9.17) is 4.74 Å². The van der Waals surface area contributed by atoms with Crippen LogP contribution in [-0.4, -0.2) is 48.5 Å². The zero-order valence-electron chi connectivity index (χ0n) is 12.0. The number of rotatable bonds is 5. The second-order valence-electron chi connectivity index (χ2n) is 5.76. The van der Waals surface area contributed by atoms with Crippen LogP contribution in [0.15, 0.2) is 12.3 Å². The van der Waals surface area contributed by atoms with Gasteiger partial charge >= 0.3 is 0 Å². The molecule has 0 amide bonds. The molecule has 5 nitrogen and oxygen atoms in total. The van der Waals surface area contributed by atoms with E-state index in [-0.39, 0.29) is 12.7 Å². The van der Waals surface area contributed by atoms with Crippen molar-refractivity contribution in [2.24, 2.45) is 0 Å². The summed E-state index contributed by atoms with van der Waals surface area (Å²) in [6, 6.07) is 2.93. The van der Waals surface area contributed by atoms with Gasteiger partial charge in [0.25, 0.3) is 0 Å². The summed E-state index contributed by atoms with van der Waals surface area (Å²) in [5.74, 6) is 1.02. The van der Waals surface area contributed by atoms with E-state index in [2.05, 4.69) is 28.2 Å². The molecule has 2 aliphatic rings. The molecule has 5 heteroatoms. The van der Waals surface area contributed by atoms with Gasteiger partial charge in [-0.1, -0.05) is 0 Å². The smallest absolute Gasteiger partial charge is 0.131 e. The Hall–Kier alpha value is -1.17. The van der Waals surface area contributed by atoms with Gasteiger partial charge in [0.15, 0.2) is 0 Å². The Balaban J connectivity index is 1.66. The lowest BCUT2D eigenvalue weighted by Crippen LogP contribution is -2.44. The molecule has 2 N–H and O–H groups in total. The lowest BCUT2D eigenvalue weighted by atomic mass is 10.1. The molecule has 1 aromatic heterocycles. The van der Waals surface area contributed by atoms with E-state index >= 15 is 0 Å². The first kappa shape index (κ1) is 13.8. The van der Waals surface area contributed by atoms with Gasteiger partial charge in [-0.2, -0.15) is 0 Å². The van der Waals surface area contributed by atoms with Crippen molar-refractivity contribution in [1.29, 1.82) is 0 Å². The largest absolute Gasteiger partial charge is 0.394 e. The van der Waals surface area contributed by atoms with Crippen LogP contribution in [0.3, 0.4) is 0 Å². The molecular formula is C15H23N3O2. The molecular weight excluding hydrogens is 254 g/mol. The number of pyridine rings is 1. The number of hydrogen-bond acceptors (Lipinski definition) is 5. The summed E-state index contributed by atoms with van der Waals surface area (Å²) < 4.78 is 5.48. The third-order valence-electron chi connectivity index (χ3n) is 3.92. The predicted octanol–water partition coefficient (Wildman–Crippen LogP) is 0.840. The molecule has 2 heterocycles. The second kappa shape index (κ2) is 6.08. The highest BCUT2D eigenvalue weighted by Crippen LogP contribution is 2.22. The van der Waals surface area contributed by atoms with Gasteiger partial charge in [0, 0.05) is 31.9 Å². The number of aliphatic hydroxyl groups excluding tert-OH is 1. The number of morpholine rings is 1. The van der Waals surface area contributed by atoms with Crippen LogP contribution in [0.2, 0.25) is 0 Å². The highest BCUT2D eigenvalue weighted by atomic mass is 16.5. The van der Waals surface area contributed by atoms with E-state index in [1.54, 1.807) is 0 Å². The molecule has 110 valence electrons. The average Bonchev–Trinajstić information content (AvgIpc) is 3.29. The zero-order chi connectivity index (χ0) is 13.9. The van der Waals surface area contributed by atoms with Gasteiger partial charge in [0.2, 0.25) is 0 Å². The Kier molecular flexibility index (Phi) is 4.19. The van der Waals surface area contributed by atoms with Crippen molar-refractivity contribution in [3.63, 3.8) is 0 Å². The van der Waals surface area contributed by atoms with Crippen molar-refractivity contribution in [3.05, 3.63) is 23.4 Å².